The maximum absolute atomic E-state index is 3.28. The van der Waals surface area contributed by atoms with E-state index >= 15 is 0 Å². The minimum absolute atomic E-state index is 0. The predicted octanol–water partition coefficient (Wildman–Crippen LogP) is 4.33. The molecule has 0 aliphatic carbocycles. The van der Waals surface area contributed by atoms with Crippen molar-refractivity contribution in [1.82, 2.24) is 0 Å². The van der Waals surface area contributed by atoms with Crippen LogP contribution in [0, 0.1) is 0 Å². The molecule has 0 heterocycles. The molecular weight excluding hydrogens is 336 g/mol. The van der Waals surface area contributed by atoms with Crippen molar-refractivity contribution in [1.29, 1.82) is 0 Å². The maximum atomic E-state index is 3.28. The van der Waals surface area contributed by atoms with Crippen molar-refractivity contribution in [2.75, 3.05) is 0 Å². The Morgan fingerprint density at radius 1 is 0.615 bits per heavy atom. The fourth-order valence-electron chi connectivity index (χ4n) is 0.701. The minimum atomic E-state index is 0. The van der Waals surface area contributed by atoms with Gasteiger partial charge < -0.3 is 0 Å². The standard InChI is InChI=1S/2C5H4Br.Fe/c2*6-5-3-1-2-4-5;/h2*1-4H;/q2*-1;. The smallest absolute Gasteiger partial charge is 0 e. The van der Waals surface area contributed by atoms with Crippen LogP contribution in [0.15, 0.2) is 57.5 Å². The second-order valence-electron chi connectivity index (χ2n) is 2.21. The van der Waals surface area contributed by atoms with Crippen molar-refractivity contribution in [3.05, 3.63) is 57.5 Å². The average Bonchev–Trinajstić information content (AvgIpc) is 2.63. The Morgan fingerprint density at radius 2 is 0.846 bits per heavy atom. The van der Waals surface area contributed by atoms with Gasteiger partial charge in [0, 0.05) is 17.1 Å². The normalized spacial score (nSPS) is 8.15. The quantitative estimate of drug-likeness (QED) is 0.493. The summed E-state index contributed by atoms with van der Waals surface area (Å²) in [5.41, 5.74) is 0. The summed E-state index contributed by atoms with van der Waals surface area (Å²) in [4.78, 5) is 0. The van der Waals surface area contributed by atoms with Gasteiger partial charge in [0.05, 0.1) is 0 Å². The van der Waals surface area contributed by atoms with Crippen LogP contribution in [0.25, 0.3) is 0 Å². The summed E-state index contributed by atoms with van der Waals surface area (Å²) < 4.78 is 2.31. The molecule has 0 unspecified atom stereocenters. The summed E-state index contributed by atoms with van der Waals surface area (Å²) in [5, 5.41) is 0. The zero-order valence-corrected chi connectivity index (χ0v) is 11.0. The van der Waals surface area contributed by atoms with E-state index in [1.54, 1.807) is 0 Å². The van der Waals surface area contributed by atoms with Gasteiger partial charge in [-0.1, -0.05) is 8.95 Å². The van der Waals surface area contributed by atoms with Crippen molar-refractivity contribution >= 4 is 31.9 Å². The van der Waals surface area contributed by atoms with Gasteiger partial charge in [0.1, 0.15) is 0 Å². The molecule has 0 nitrogen and oxygen atoms in total. The van der Waals surface area contributed by atoms with Crippen LogP contribution in [-0.2, 0) is 17.1 Å². The van der Waals surface area contributed by atoms with Gasteiger partial charge in [-0.15, -0.1) is 31.9 Å². The van der Waals surface area contributed by atoms with Gasteiger partial charge in [0.25, 0.3) is 0 Å². The van der Waals surface area contributed by atoms with Crippen LogP contribution in [0.5, 0.6) is 0 Å². The van der Waals surface area contributed by atoms with E-state index in [1.807, 2.05) is 48.5 Å². The summed E-state index contributed by atoms with van der Waals surface area (Å²) in [7, 11) is 0. The van der Waals surface area contributed by atoms with Gasteiger partial charge in [0.2, 0.25) is 0 Å². The zero-order chi connectivity index (χ0) is 8.81. The molecule has 0 amide bonds. The van der Waals surface area contributed by atoms with Crippen LogP contribution < -0.4 is 0 Å². The molecule has 0 saturated heterocycles. The van der Waals surface area contributed by atoms with E-state index in [0.717, 1.165) is 8.95 Å². The second kappa shape index (κ2) is 7.57. The van der Waals surface area contributed by atoms with Crippen molar-refractivity contribution in [2.24, 2.45) is 0 Å². The van der Waals surface area contributed by atoms with E-state index in [4.69, 9.17) is 0 Å². The Balaban J connectivity index is 0.000000206. The van der Waals surface area contributed by atoms with Crippen LogP contribution >= 0.6 is 31.9 Å². The van der Waals surface area contributed by atoms with Gasteiger partial charge >= 0.3 is 0 Å². The molecule has 2 aromatic rings. The number of halogens is 2. The molecule has 0 N–H and O–H groups in total. The third-order valence-electron chi connectivity index (χ3n) is 1.24. The maximum Gasteiger partial charge on any atom is 0 e. The van der Waals surface area contributed by atoms with Crippen LogP contribution in [0.2, 0.25) is 0 Å². The SMILES string of the molecule is Br[c-]1cccc1.Br[c-]1cccc1.[Fe]. The fraction of sp³-hybridized carbons (Fsp3) is 0. The first-order valence-electron chi connectivity index (χ1n) is 3.53. The van der Waals surface area contributed by atoms with Gasteiger partial charge in [-0.05, 0) is 0 Å². The Bertz CT molecular complexity index is 252. The molecule has 0 spiro atoms. The molecule has 0 aliphatic rings. The Hall–Kier alpha value is 0.179. The first-order chi connectivity index (χ1) is 5.79. The van der Waals surface area contributed by atoms with Crippen molar-refractivity contribution in [3.8, 4) is 0 Å². The molecule has 0 bridgehead atoms. The summed E-state index contributed by atoms with van der Waals surface area (Å²) in [6, 6.07) is 16.0. The molecule has 2 aromatic carbocycles. The average molecular weight is 344 g/mol. The first kappa shape index (κ1) is 13.2. The van der Waals surface area contributed by atoms with Crippen LogP contribution in [0.4, 0.5) is 0 Å². The Labute approximate surface area is 106 Å². The summed E-state index contributed by atoms with van der Waals surface area (Å²) in [5.74, 6) is 0. The molecule has 0 radical (unpaired) electrons. The summed E-state index contributed by atoms with van der Waals surface area (Å²) >= 11 is 6.56. The molecule has 3 heteroatoms. The molecule has 0 fully saturated rings. The van der Waals surface area contributed by atoms with Crippen molar-refractivity contribution in [3.63, 3.8) is 0 Å². The number of hydrogen-bond acceptors (Lipinski definition) is 0. The van der Waals surface area contributed by atoms with Crippen LogP contribution in [0.1, 0.15) is 0 Å². The van der Waals surface area contributed by atoms with Gasteiger partial charge in [-0.2, -0.15) is 24.3 Å². The van der Waals surface area contributed by atoms with E-state index in [9.17, 15) is 0 Å². The second-order valence-corrected chi connectivity index (χ2v) is 4.04. The van der Waals surface area contributed by atoms with Gasteiger partial charge in [-0.25, -0.2) is 24.3 Å². The Kier molecular flexibility index (Phi) is 7.68. The van der Waals surface area contributed by atoms with Crippen LogP contribution in [-0.4, -0.2) is 0 Å². The number of hydrogen-bond donors (Lipinski definition) is 0. The molecule has 2 rings (SSSR count). The fourth-order valence-corrected chi connectivity index (χ4v) is 1.31. The molecule has 0 aromatic heterocycles. The topological polar surface area (TPSA) is 0 Å². The van der Waals surface area contributed by atoms with E-state index in [-0.39, 0.29) is 17.1 Å². The van der Waals surface area contributed by atoms with Gasteiger partial charge in [-0.3, -0.25) is 0 Å². The molecule has 0 saturated carbocycles. The zero-order valence-electron chi connectivity index (χ0n) is 6.73. The van der Waals surface area contributed by atoms with E-state index in [1.165, 1.54) is 0 Å². The minimum Gasteiger partial charge on any atom is -0.213 e. The van der Waals surface area contributed by atoms with Crippen LogP contribution in [0.3, 0.4) is 0 Å². The number of rotatable bonds is 0. The predicted molar refractivity (Wildman–Crippen MR) is 59.5 cm³/mol. The van der Waals surface area contributed by atoms with E-state index in [2.05, 4.69) is 31.9 Å². The summed E-state index contributed by atoms with van der Waals surface area (Å²) in [6.45, 7) is 0. The molecular formula is C10H8Br2Fe-2. The monoisotopic (exact) mass is 342 g/mol. The third kappa shape index (κ3) is 6.28. The van der Waals surface area contributed by atoms with Gasteiger partial charge in [0.15, 0.2) is 0 Å². The van der Waals surface area contributed by atoms with E-state index < -0.39 is 0 Å². The Morgan fingerprint density at radius 3 is 0.923 bits per heavy atom. The first-order valence-corrected chi connectivity index (χ1v) is 5.12. The van der Waals surface area contributed by atoms with E-state index in [0.29, 0.717) is 0 Å². The third-order valence-corrected chi connectivity index (χ3v) is 2.30. The largest absolute Gasteiger partial charge is 0.213 e. The molecule has 72 valence electrons. The van der Waals surface area contributed by atoms with Crippen molar-refractivity contribution < 1.29 is 17.1 Å². The molecule has 0 atom stereocenters. The van der Waals surface area contributed by atoms with Crippen molar-refractivity contribution in [2.45, 2.75) is 0 Å². The molecule has 13 heavy (non-hydrogen) atoms. The summed E-state index contributed by atoms with van der Waals surface area (Å²) in [6.07, 6.45) is 0. The molecule has 0 aliphatic heterocycles.